The van der Waals surface area contributed by atoms with Crippen molar-refractivity contribution in [3.63, 3.8) is 0 Å². The van der Waals surface area contributed by atoms with E-state index in [1.807, 2.05) is 0 Å². The number of benzene rings is 1. The van der Waals surface area contributed by atoms with Gasteiger partial charge in [0.05, 0.1) is 24.6 Å². The van der Waals surface area contributed by atoms with Gasteiger partial charge in [0.15, 0.2) is 5.78 Å². The number of aliphatic imine (C=N–C) groups is 1. The topological polar surface area (TPSA) is 61.7 Å². The number of hydrogen-bond acceptors (Lipinski definition) is 4. The summed E-state index contributed by atoms with van der Waals surface area (Å²) in [6.07, 6.45) is -0.532. The summed E-state index contributed by atoms with van der Waals surface area (Å²) in [5.74, 6) is -0.439. The van der Waals surface area contributed by atoms with Gasteiger partial charge in [-0.3, -0.25) is 14.2 Å². The molecule has 0 spiro atoms. The van der Waals surface area contributed by atoms with Crippen molar-refractivity contribution in [1.82, 2.24) is 5.32 Å². The van der Waals surface area contributed by atoms with E-state index < -0.39 is 24.0 Å². The molecule has 1 fully saturated rings. The SMILES string of the molecule is C[C@H](CF)C1CC(CC(=O)C2(O)CCC(c3ccc(C(F)(F)F)cc3)CC2)NC=N1. The first-order valence-electron chi connectivity index (χ1n) is 10.4. The molecule has 166 valence electrons. The lowest BCUT2D eigenvalue weighted by atomic mass is 9.73. The Hall–Kier alpha value is -1.96. The molecule has 1 aliphatic carbocycles. The minimum absolute atomic E-state index is 0.0232. The van der Waals surface area contributed by atoms with Crippen LogP contribution in [0.25, 0.3) is 0 Å². The number of nitrogens with zero attached hydrogens (tertiary/aromatic N) is 1. The van der Waals surface area contributed by atoms with Crippen molar-refractivity contribution in [3.8, 4) is 0 Å². The molecular formula is C22H28F4N2O2. The standard InChI is InChI=1S/C22H28F4N2O2/c1-14(12-23)19-10-18(27-13-28-19)11-20(29)21(30)8-6-16(7-9-21)15-2-4-17(5-3-15)22(24,25)26/h2-5,13-14,16,18-19,30H,6-12H2,1H3,(H,27,28)/t14-,16?,18?,19?,21?/m1/s1. The van der Waals surface area contributed by atoms with Crippen LogP contribution in [-0.4, -0.2) is 41.6 Å². The number of Topliss-reactive ketones (excluding diaryl/α,β-unsaturated/α-hetero) is 1. The van der Waals surface area contributed by atoms with Crippen LogP contribution in [0.15, 0.2) is 29.3 Å². The number of alkyl halides is 4. The third-order valence-electron chi connectivity index (χ3n) is 6.48. The predicted molar refractivity (Wildman–Crippen MR) is 106 cm³/mol. The molecule has 2 N–H and O–H groups in total. The minimum Gasteiger partial charge on any atom is -0.382 e. The van der Waals surface area contributed by atoms with Gasteiger partial charge in [0.1, 0.15) is 5.60 Å². The van der Waals surface area contributed by atoms with Gasteiger partial charge >= 0.3 is 6.18 Å². The molecule has 0 amide bonds. The van der Waals surface area contributed by atoms with Crippen molar-refractivity contribution in [1.29, 1.82) is 0 Å². The van der Waals surface area contributed by atoms with Crippen molar-refractivity contribution in [2.75, 3.05) is 6.67 Å². The highest BCUT2D eigenvalue weighted by molar-refractivity contribution is 5.88. The van der Waals surface area contributed by atoms with Crippen molar-refractivity contribution in [2.45, 2.75) is 75.2 Å². The zero-order valence-corrected chi connectivity index (χ0v) is 17.0. The molecule has 8 heteroatoms. The average Bonchev–Trinajstić information content (AvgIpc) is 2.73. The average molecular weight is 428 g/mol. The Balaban J connectivity index is 1.55. The molecule has 3 atom stereocenters. The zero-order valence-electron chi connectivity index (χ0n) is 17.0. The molecule has 30 heavy (non-hydrogen) atoms. The van der Waals surface area contributed by atoms with Gasteiger partial charge in [0, 0.05) is 18.4 Å². The van der Waals surface area contributed by atoms with E-state index in [0.29, 0.717) is 19.3 Å². The second kappa shape index (κ2) is 9.04. The smallest absolute Gasteiger partial charge is 0.382 e. The Morgan fingerprint density at radius 3 is 2.47 bits per heavy atom. The largest absolute Gasteiger partial charge is 0.416 e. The lowest BCUT2D eigenvalue weighted by Crippen LogP contribution is -2.47. The monoisotopic (exact) mass is 428 g/mol. The third kappa shape index (κ3) is 5.20. The van der Waals surface area contributed by atoms with Crippen LogP contribution in [0.5, 0.6) is 0 Å². The number of hydrogen-bond donors (Lipinski definition) is 2. The maximum atomic E-state index is 12.9. The van der Waals surface area contributed by atoms with E-state index in [2.05, 4.69) is 10.3 Å². The van der Waals surface area contributed by atoms with Crippen molar-refractivity contribution >= 4 is 12.1 Å². The Bertz CT molecular complexity index is 755. The molecule has 1 aromatic rings. The summed E-state index contributed by atoms with van der Waals surface area (Å²) in [6.45, 7) is 1.31. The van der Waals surface area contributed by atoms with Crippen LogP contribution in [0, 0.1) is 5.92 Å². The number of ketones is 1. The van der Waals surface area contributed by atoms with Gasteiger partial charge in [-0.25, -0.2) is 0 Å². The number of aliphatic hydroxyl groups is 1. The molecule has 0 bridgehead atoms. The fourth-order valence-electron chi connectivity index (χ4n) is 4.35. The van der Waals surface area contributed by atoms with Crippen LogP contribution in [0.4, 0.5) is 17.6 Å². The quantitative estimate of drug-likeness (QED) is 0.660. The molecule has 2 unspecified atom stereocenters. The number of carbonyl (C=O) groups excluding carboxylic acids is 1. The number of rotatable bonds is 6. The lowest BCUT2D eigenvalue weighted by Gasteiger charge is -2.36. The summed E-state index contributed by atoms with van der Waals surface area (Å²) in [5.41, 5.74) is -1.30. The fourth-order valence-corrected chi connectivity index (χ4v) is 4.35. The molecule has 1 saturated carbocycles. The summed E-state index contributed by atoms with van der Waals surface area (Å²) in [4.78, 5) is 17.0. The van der Waals surface area contributed by atoms with E-state index in [1.165, 1.54) is 18.5 Å². The Labute approximate surface area is 173 Å². The number of halogens is 4. The second-order valence-electron chi connectivity index (χ2n) is 8.63. The summed E-state index contributed by atoms with van der Waals surface area (Å²) in [5, 5.41) is 13.9. The zero-order chi connectivity index (χ0) is 21.9. The highest BCUT2D eigenvalue weighted by Gasteiger charge is 2.41. The van der Waals surface area contributed by atoms with Gasteiger partial charge in [-0.2, -0.15) is 13.2 Å². The predicted octanol–water partition coefficient (Wildman–Crippen LogP) is 4.42. The number of carbonyl (C=O) groups is 1. The summed E-state index contributed by atoms with van der Waals surface area (Å²) < 4.78 is 51.1. The van der Waals surface area contributed by atoms with E-state index in [4.69, 9.17) is 0 Å². The molecule has 4 nitrogen and oxygen atoms in total. The van der Waals surface area contributed by atoms with Crippen LogP contribution in [0.1, 0.15) is 62.5 Å². The van der Waals surface area contributed by atoms with Crippen LogP contribution in [-0.2, 0) is 11.0 Å². The van der Waals surface area contributed by atoms with Crippen molar-refractivity contribution < 1.29 is 27.5 Å². The van der Waals surface area contributed by atoms with Gasteiger partial charge in [-0.15, -0.1) is 0 Å². The van der Waals surface area contributed by atoms with Gasteiger partial charge in [-0.1, -0.05) is 19.1 Å². The molecule has 0 aromatic heterocycles. The van der Waals surface area contributed by atoms with E-state index >= 15 is 0 Å². The number of nitrogens with one attached hydrogen (secondary N) is 1. The van der Waals surface area contributed by atoms with Crippen molar-refractivity contribution in [2.24, 2.45) is 10.9 Å². The fraction of sp³-hybridized carbons (Fsp3) is 0.636. The van der Waals surface area contributed by atoms with Crippen LogP contribution in [0.3, 0.4) is 0 Å². The van der Waals surface area contributed by atoms with E-state index in [1.54, 1.807) is 6.92 Å². The maximum absolute atomic E-state index is 12.9. The molecule has 2 aliphatic rings. The molecule has 1 heterocycles. The van der Waals surface area contributed by atoms with Gasteiger partial charge in [0.2, 0.25) is 0 Å². The maximum Gasteiger partial charge on any atom is 0.416 e. The van der Waals surface area contributed by atoms with E-state index in [9.17, 15) is 27.5 Å². The molecule has 1 aliphatic heterocycles. The first-order chi connectivity index (χ1) is 14.1. The Morgan fingerprint density at radius 1 is 1.27 bits per heavy atom. The molecule has 1 aromatic carbocycles. The highest BCUT2D eigenvalue weighted by atomic mass is 19.4. The molecule has 3 rings (SSSR count). The van der Waals surface area contributed by atoms with E-state index in [0.717, 1.165) is 17.7 Å². The van der Waals surface area contributed by atoms with Gasteiger partial charge < -0.3 is 10.4 Å². The molecular weight excluding hydrogens is 400 g/mol. The summed E-state index contributed by atoms with van der Waals surface area (Å²) >= 11 is 0. The van der Waals surface area contributed by atoms with Crippen LogP contribution in [0.2, 0.25) is 0 Å². The van der Waals surface area contributed by atoms with Crippen LogP contribution < -0.4 is 5.32 Å². The Morgan fingerprint density at radius 2 is 1.90 bits per heavy atom. The van der Waals surface area contributed by atoms with E-state index in [-0.39, 0.29) is 49.0 Å². The molecule has 0 radical (unpaired) electrons. The minimum atomic E-state index is -4.36. The van der Waals surface area contributed by atoms with Gasteiger partial charge in [0.25, 0.3) is 0 Å². The highest BCUT2D eigenvalue weighted by Crippen LogP contribution is 2.40. The summed E-state index contributed by atoms with van der Waals surface area (Å²) in [7, 11) is 0. The normalized spacial score (nSPS) is 30.5. The first kappa shape index (κ1) is 22.7. The second-order valence-corrected chi connectivity index (χ2v) is 8.63. The van der Waals surface area contributed by atoms with Gasteiger partial charge in [-0.05, 0) is 55.7 Å². The lowest BCUT2D eigenvalue weighted by molar-refractivity contribution is -0.141. The summed E-state index contributed by atoms with van der Waals surface area (Å²) in [6, 6.07) is 4.75. The Kier molecular flexibility index (Phi) is 6.84. The molecule has 0 saturated heterocycles. The third-order valence-corrected chi connectivity index (χ3v) is 6.48. The van der Waals surface area contributed by atoms with Crippen LogP contribution >= 0.6 is 0 Å². The van der Waals surface area contributed by atoms with Crippen molar-refractivity contribution in [3.05, 3.63) is 35.4 Å². The first-order valence-corrected chi connectivity index (χ1v) is 10.4.